The van der Waals surface area contributed by atoms with Crippen molar-refractivity contribution in [2.45, 2.75) is 6.92 Å². The van der Waals surface area contributed by atoms with Gasteiger partial charge in [0.25, 0.3) is 0 Å². The van der Waals surface area contributed by atoms with Gasteiger partial charge < -0.3 is 19.9 Å². The highest BCUT2D eigenvalue weighted by atomic mass is 79.9. The number of morpholine rings is 1. The van der Waals surface area contributed by atoms with Crippen LogP contribution in [0.25, 0.3) is 0 Å². The predicted molar refractivity (Wildman–Crippen MR) is 103 cm³/mol. The summed E-state index contributed by atoms with van der Waals surface area (Å²) >= 11 is 3.46. The number of nitrogens with one attached hydrogen (secondary N) is 1. The van der Waals surface area contributed by atoms with E-state index in [4.69, 9.17) is 4.74 Å². The summed E-state index contributed by atoms with van der Waals surface area (Å²) in [6.45, 7) is 7.61. The van der Waals surface area contributed by atoms with E-state index in [1.54, 1.807) is 0 Å². The third-order valence-corrected chi connectivity index (χ3v) is 5.62. The molecule has 0 atom stereocenters. The maximum absolute atomic E-state index is 12.5. The molecule has 8 heteroatoms. The van der Waals surface area contributed by atoms with Gasteiger partial charge in [0.1, 0.15) is 0 Å². The first kappa shape index (κ1) is 19.1. The zero-order valence-electron chi connectivity index (χ0n) is 15.0. The second-order valence-corrected chi connectivity index (χ2v) is 7.51. The Morgan fingerprint density at radius 1 is 1.08 bits per heavy atom. The van der Waals surface area contributed by atoms with Crippen LogP contribution in [0.15, 0.2) is 22.7 Å². The molecule has 1 aromatic rings. The van der Waals surface area contributed by atoms with Crippen LogP contribution in [0.3, 0.4) is 0 Å². The van der Waals surface area contributed by atoms with Gasteiger partial charge in [0.05, 0.1) is 19.8 Å². The van der Waals surface area contributed by atoms with Crippen molar-refractivity contribution in [1.82, 2.24) is 14.7 Å². The standard InChI is InChI=1S/C18H25BrN4O3/c1-14-12-15(2-3-16(14)19)20-17(24)13-21-4-6-22(7-5-21)18(25)23-8-10-26-11-9-23/h2-3,12H,4-11,13H2,1H3,(H,20,24). The van der Waals surface area contributed by atoms with Crippen LogP contribution >= 0.6 is 15.9 Å². The van der Waals surface area contributed by atoms with Gasteiger partial charge in [-0.1, -0.05) is 15.9 Å². The van der Waals surface area contributed by atoms with Crippen LogP contribution in [0.4, 0.5) is 10.5 Å². The molecule has 0 spiro atoms. The van der Waals surface area contributed by atoms with Crippen LogP contribution in [0.5, 0.6) is 0 Å². The Morgan fingerprint density at radius 3 is 2.38 bits per heavy atom. The Hall–Kier alpha value is -1.64. The molecule has 2 fully saturated rings. The molecule has 3 amide bonds. The molecule has 0 bridgehead atoms. The summed E-state index contributed by atoms with van der Waals surface area (Å²) in [5, 5.41) is 2.94. The largest absolute Gasteiger partial charge is 0.378 e. The van der Waals surface area contributed by atoms with E-state index in [-0.39, 0.29) is 11.9 Å². The second-order valence-electron chi connectivity index (χ2n) is 6.66. The van der Waals surface area contributed by atoms with Crippen LogP contribution in [-0.2, 0) is 9.53 Å². The first-order valence-corrected chi connectivity index (χ1v) is 9.72. The summed E-state index contributed by atoms with van der Waals surface area (Å²) in [4.78, 5) is 30.6. The molecule has 0 saturated carbocycles. The molecule has 2 aliphatic heterocycles. The van der Waals surface area contributed by atoms with E-state index in [9.17, 15) is 9.59 Å². The molecule has 3 rings (SSSR count). The SMILES string of the molecule is Cc1cc(NC(=O)CN2CCN(C(=O)N3CCOCC3)CC2)ccc1Br. The van der Waals surface area contributed by atoms with Gasteiger partial charge in [0.15, 0.2) is 0 Å². The summed E-state index contributed by atoms with van der Waals surface area (Å²) in [6, 6.07) is 5.85. The van der Waals surface area contributed by atoms with Crippen molar-refractivity contribution in [3.8, 4) is 0 Å². The van der Waals surface area contributed by atoms with Gasteiger partial charge in [-0.2, -0.15) is 0 Å². The van der Waals surface area contributed by atoms with Crippen LogP contribution in [0.1, 0.15) is 5.56 Å². The van der Waals surface area contributed by atoms with Crippen molar-refractivity contribution in [1.29, 1.82) is 0 Å². The fourth-order valence-corrected chi connectivity index (χ4v) is 3.42. The normalized spacial score (nSPS) is 18.7. The van der Waals surface area contributed by atoms with Crippen molar-refractivity contribution in [3.05, 3.63) is 28.2 Å². The summed E-state index contributed by atoms with van der Waals surface area (Å²) in [5.41, 5.74) is 1.88. The molecule has 2 heterocycles. The Balaban J connectivity index is 1.43. The van der Waals surface area contributed by atoms with Crippen LogP contribution in [0, 0.1) is 6.92 Å². The van der Waals surface area contributed by atoms with Gasteiger partial charge in [-0.15, -0.1) is 0 Å². The molecule has 2 aliphatic rings. The monoisotopic (exact) mass is 424 g/mol. The number of carbonyl (C=O) groups excluding carboxylic acids is 2. The van der Waals surface area contributed by atoms with Crippen molar-refractivity contribution >= 4 is 33.6 Å². The number of amides is 3. The second kappa shape index (κ2) is 8.83. The average Bonchev–Trinajstić information content (AvgIpc) is 2.65. The highest BCUT2D eigenvalue weighted by Gasteiger charge is 2.26. The number of hydrogen-bond donors (Lipinski definition) is 1. The Kier molecular flexibility index (Phi) is 6.50. The number of benzene rings is 1. The number of carbonyl (C=O) groups is 2. The molecule has 142 valence electrons. The molecular weight excluding hydrogens is 400 g/mol. The van der Waals surface area contributed by atoms with E-state index < -0.39 is 0 Å². The number of hydrogen-bond acceptors (Lipinski definition) is 4. The van der Waals surface area contributed by atoms with Gasteiger partial charge in [-0.25, -0.2) is 4.79 Å². The van der Waals surface area contributed by atoms with Crippen LogP contribution in [0.2, 0.25) is 0 Å². The number of rotatable bonds is 3. The fraction of sp³-hybridized carbons (Fsp3) is 0.556. The third kappa shape index (κ3) is 4.96. The van der Waals surface area contributed by atoms with Crippen molar-refractivity contribution in [2.24, 2.45) is 0 Å². The third-order valence-electron chi connectivity index (χ3n) is 4.73. The summed E-state index contributed by atoms with van der Waals surface area (Å²) < 4.78 is 6.32. The molecule has 0 aromatic heterocycles. The minimum atomic E-state index is -0.0281. The maximum Gasteiger partial charge on any atom is 0.320 e. The first-order chi connectivity index (χ1) is 12.5. The number of urea groups is 1. The molecule has 1 N–H and O–H groups in total. The van der Waals surface area contributed by atoms with E-state index in [1.165, 1.54) is 0 Å². The van der Waals surface area contributed by atoms with E-state index in [2.05, 4.69) is 26.1 Å². The van der Waals surface area contributed by atoms with Crippen molar-refractivity contribution in [3.63, 3.8) is 0 Å². The zero-order valence-corrected chi connectivity index (χ0v) is 16.6. The lowest BCUT2D eigenvalue weighted by atomic mass is 10.2. The Morgan fingerprint density at radius 2 is 1.73 bits per heavy atom. The molecular formula is C18H25BrN4O3. The smallest absolute Gasteiger partial charge is 0.320 e. The number of anilines is 1. The Bertz CT molecular complexity index is 656. The summed E-state index contributed by atoms with van der Waals surface area (Å²) in [5.74, 6) is -0.0281. The number of piperazine rings is 1. The molecule has 0 unspecified atom stereocenters. The lowest BCUT2D eigenvalue weighted by molar-refractivity contribution is -0.117. The summed E-state index contributed by atoms with van der Waals surface area (Å²) in [6.07, 6.45) is 0. The van der Waals surface area contributed by atoms with Crippen LogP contribution in [-0.4, -0.2) is 85.7 Å². The minimum Gasteiger partial charge on any atom is -0.378 e. The Labute approximate surface area is 162 Å². The average molecular weight is 425 g/mol. The highest BCUT2D eigenvalue weighted by molar-refractivity contribution is 9.10. The van der Waals surface area contributed by atoms with E-state index in [0.717, 1.165) is 15.7 Å². The lowest BCUT2D eigenvalue weighted by Gasteiger charge is -2.38. The first-order valence-electron chi connectivity index (χ1n) is 8.93. The molecule has 26 heavy (non-hydrogen) atoms. The van der Waals surface area contributed by atoms with Crippen LogP contribution < -0.4 is 5.32 Å². The quantitative estimate of drug-likeness (QED) is 0.802. The van der Waals surface area contributed by atoms with Gasteiger partial charge >= 0.3 is 6.03 Å². The van der Waals surface area contributed by atoms with Gasteiger partial charge in [0, 0.05) is 49.4 Å². The molecule has 1 aromatic carbocycles. The number of halogens is 1. The molecule has 2 saturated heterocycles. The van der Waals surface area contributed by atoms with Gasteiger partial charge in [0.2, 0.25) is 5.91 Å². The molecule has 0 radical (unpaired) electrons. The highest BCUT2D eigenvalue weighted by Crippen LogP contribution is 2.20. The predicted octanol–water partition coefficient (Wildman–Crippen LogP) is 1.77. The van der Waals surface area contributed by atoms with Crippen molar-refractivity contribution in [2.75, 3.05) is 64.3 Å². The lowest BCUT2D eigenvalue weighted by Crippen LogP contribution is -2.55. The summed E-state index contributed by atoms with van der Waals surface area (Å²) in [7, 11) is 0. The number of ether oxygens (including phenoxy) is 1. The van der Waals surface area contributed by atoms with E-state index in [0.29, 0.717) is 59.0 Å². The minimum absolute atomic E-state index is 0.0281. The zero-order chi connectivity index (χ0) is 18.5. The molecule has 7 nitrogen and oxygen atoms in total. The number of aryl methyl sites for hydroxylation is 1. The van der Waals surface area contributed by atoms with Crippen molar-refractivity contribution < 1.29 is 14.3 Å². The topological polar surface area (TPSA) is 65.1 Å². The number of nitrogens with zero attached hydrogens (tertiary/aromatic N) is 3. The molecule has 0 aliphatic carbocycles. The van der Waals surface area contributed by atoms with E-state index in [1.807, 2.05) is 34.9 Å². The van der Waals surface area contributed by atoms with Gasteiger partial charge in [-0.05, 0) is 30.7 Å². The van der Waals surface area contributed by atoms with E-state index >= 15 is 0 Å². The maximum atomic E-state index is 12.5. The fourth-order valence-electron chi connectivity index (χ4n) is 3.18. The van der Waals surface area contributed by atoms with Gasteiger partial charge in [-0.3, -0.25) is 9.69 Å².